The summed E-state index contributed by atoms with van der Waals surface area (Å²) in [6.45, 7) is 10.7. The molecule has 1 N–H and O–H groups in total. The molecule has 0 amide bonds. The molecule has 2 aromatic carbocycles. The predicted octanol–water partition coefficient (Wildman–Crippen LogP) is 6.40. The van der Waals surface area contributed by atoms with Gasteiger partial charge in [0.2, 0.25) is 0 Å². The van der Waals surface area contributed by atoms with Crippen LogP contribution < -0.4 is 5.32 Å². The summed E-state index contributed by atoms with van der Waals surface area (Å²) in [5, 5.41) is 3.28. The lowest BCUT2D eigenvalue weighted by Crippen LogP contribution is -2.14. The van der Waals surface area contributed by atoms with Gasteiger partial charge in [-0.25, -0.2) is 0 Å². The molecule has 0 aliphatic heterocycles. The minimum absolute atomic E-state index is 0.0346. The molecule has 0 aromatic heterocycles. The maximum Gasteiger partial charge on any atom is 0.107 e. The van der Waals surface area contributed by atoms with E-state index in [2.05, 4.69) is 43.4 Å². The number of benzene rings is 2. The summed E-state index contributed by atoms with van der Waals surface area (Å²) in [5.41, 5.74) is 2.37. The summed E-state index contributed by atoms with van der Waals surface area (Å²) in [4.78, 5) is 0. The third-order valence-electron chi connectivity index (χ3n) is 3.63. The first-order valence-electron chi connectivity index (χ1n) is 9.65. The fourth-order valence-corrected chi connectivity index (χ4v) is 2.20. The molecule has 0 radical (unpaired) electrons. The summed E-state index contributed by atoms with van der Waals surface area (Å²) in [6, 6.07) is 20.5. The van der Waals surface area contributed by atoms with Crippen LogP contribution in [0.4, 0.5) is 0 Å². The lowest BCUT2D eigenvalue weighted by Gasteiger charge is -2.15. The van der Waals surface area contributed by atoms with Crippen LogP contribution in [-0.4, -0.2) is 20.2 Å². The van der Waals surface area contributed by atoms with Crippen molar-refractivity contribution in [3.8, 4) is 0 Å². The molecule has 2 aromatic rings. The molecule has 0 aliphatic carbocycles. The van der Waals surface area contributed by atoms with Crippen LogP contribution in [0, 0.1) is 0 Å². The van der Waals surface area contributed by atoms with Gasteiger partial charge in [0.15, 0.2) is 0 Å². The van der Waals surface area contributed by atoms with Gasteiger partial charge < -0.3 is 10.1 Å². The number of rotatable bonds is 7. The fraction of sp³-hybridized carbons (Fsp3) is 0.417. The third-order valence-corrected chi connectivity index (χ3v) is 3.63. The fourth-order valence-electron chi connectivity index (χ4n) is 2.20. The molecule has 144 valence electrons. The van der Waals surface area contributed by atoms with Gasteiger partial charge in [0.1, 0.15) is 6.10 Å². The van der Waals surface area contributed by atoms with Gasteiger partial charge >= 0.3 is 0 Å². The average Bonchev–Trinajstić information content (AvgIpc) is 2.71. The van der Waals surface area contributed by atoms with Crippen molar-refractivity contribution in [1.29, 1.82) is 0 Å². The first-order chi connectivity index (χ1) is 12.7. The molecule has 0 atom stereocenters. The van der Waals surface area contributed by atoms with E-state index in [-0.39, 0.29) is 6.10 Å². The van der Waals surface area contributed by atoms with Crippen molar-refractivity contribution in [2.45, 2.75) is 46.6 Å². The van der Waals surface area contributed by atoms with Crippen LogP contribution in [0.1, 0.15) is 57.8 Å². The Hall–Kier alpha value is -1.90. The van der Waals surface area contributed by atoms with Crippen LogP contribution in [0.3, 0.4) is 0 Å². The van der Waals surface area contributed by atoms with Gasteiger partial charge in [0.25, 0.3) is 0 Å². The molecular formula is C24H37NO. The molecule has 0 heterocycles. The average molecular weight is 356 g/mol. The third kappa shape index (κ3) is 11.6. The van der Waals surface area contributed by atoms with Crippen LogP contribution in [0.5, 0.6) is 0 Å². The van der Waals surface area contributed by atoms with E-state index in [0.29, 0.717) is 0 Å². The van der Waals surface area contributed by atoms with Gasteiger partial charge in [0, 0.05) is 7.11 Å². The normalized spacial score (nSPS) is 10.1. The van der Waals surface area contributed by atoms with Gasteiger partial charge in [-0.1, -0.05) is 86.7 Å². The van der Waals surface area contributed by atoms with E-state index in [4.69, 9.17) is 4.74 Å². The molecule has 2 rings (SSSR count). The molecule has 2 heteroatoms. The van der Waals surface area contributed by atoms with Crippen LogP contribution in [0.15, 0.2) is 72.8 Å². The van der Waals surface area contributed by atoms with E-state index in [9.17, 15) is 0 Å². The molecule has 0 unspecified atom stereocenters. The Morgan fingerprint density at radius 2 is 1.15 bits per heavy atom. The van der Waals surface area contributed by atoms with E-state index >= 15 is 0 Å². The predicted molar refractivity (Wildman–Crippen MR) is 116 cm³/mol. The van der Waals surface area contributed by atoms with Crippen molar-refractivity contribution in [3.05, 3.63) is 83.9 Å². The number of allylic oxidation sites excluding steroid dienone is 2. The first kappa shape index (κ1) is 24.1. The summed E-state index contributed by atoms with van der Waals surface area (Å²) in [6.07, 6.45) is 6.53. The Bertz CT molecular complexity index is 489. The van der Waals surface area contributed by atoms with Crippen LogP contribution in [0.25, 0.3) is 0 Å². The first-order valence-corrected chi connectivity index (χ1v) is 9.65. The topological polar surface area (TPSA) is 21.3 Å². The van der Waals surface area contributed by atoms with Crippen LogP contribution >= 0.6 is 0 Å². The van der Waals surface area contributed by atoms with E-state index < -0.39 is 0 Å². The minimum atomic E-state index is 0.0346. The summed E-state index contributed by atoms with van der Waals surface area (Å²) < 4.78 is 5.52. The van der Waals surface area contributed by atoms with Crippen molar-refractivity contribution in [1.82, 2.24) is 5.32 Å². The molecule has 0 aliphatic rings. The molecule has 2 nitrogen and oxygen atoms in total. The van der Waals surface area contributed by atoms with Crippen LogP contribution in [-0.2, 0) is 4.74 Å². The summed E-state index contributed by atoms with van der Waals surface area (Å²) >= 11 is 0. The monoisotopic (exact) mass is 355 g/mol. The van der Waals surface area contributed by atoms with Gasteiger partial charge in [-0.3, -0.25) is 0 Å². The minimum Gasteiger partial charge on any atom is -0.372 e. The quantitative estimate of drug-likeness (QED) is 0.458. The molecule has 0 saturated heterocycles. The maximum absolute atomic E-state index is 5.52. The second-order valence-electron chi connectivity index (χ2n) is 5.85. The smallest absolute Gasteiger partial charge is 0.107 e. The van der Waals surface area contributed by atoms with Gasteiger partial charge in [-0.2, -0.15) is 0 Å². The number of hydrogen-bond donors (Lipinski definition) is 1. The zero-order valence-corrected chi connectivity index (χ0v) is 17.2. The largest absolute Gasteiger partial charge is 0.372 e. The standard InChI is InChI=1S/C14H14O.C6H15N.C4H8/c1-15-14(12-8-4-2-5-9-12)13-10-6-3-7-11-13;1-3-5-7-6-4-2;1-3-4-2/h2-11,14H,1H3;7H,3-6H2,1-2H3;3-4H,1-2H3/b;;4-3-. The molecule has 0 spiro atoms. The number of ether oxygens (including phenoxy) is 1. The Morgan fingerprint density at radius 1 is 0.769 bits per heavy atom. The Labute approximate surface area is 161 Å². The SMILES string of the molecule is C/C=C\C.CCCNCCC.COC(c1ccccc1)c1ccccc1. The lowest BCUT2D eigenvalue weighted by molar-refractivity contribution is 0.136. The zero-order chi connectivity index (χ0) is 19.5. The second-order valence-corrected chi connectivity index (χ2v) is 5.85. The highest BCUT2D eigenvalue weighted by atomic mass is 16.5. The Kier molecular flexibility index (Phi) is 16.6. The van der Waals surface area contributed by atoms with Crippen molar-refractivity contribution in [3.63, 3.8) is 0 Å². The van der Waals surface area contributed by atoms with Gasteiger partial charge in [-0.05, 0) is 50.9 Å². The number of hydrogen-bond acceptors (Lipinski definition) is 2. The molecule has 0 bridgehead atoms. The van der Waals surface area contributed by atoms with Crippen molar-refractivity contribution in [2.75, 3.05) is 20.2 Å². The molecule has 0 fully saturated rings. The highest BCUT2D eigenvalue weighted by Crippen LogP contribution is 2.24. The van der Waals surface area contributed by atoms with E-state index in [0.717, 1.165) is 0 Å². The van der Waals surface area contributed by atoms with E-state index in [1.165, 1.54) is 37.1 Å². The summed E-state index contributed by atoms with van der Waals surface area (Å²) in [5.74, 6) is 0. The maximum atomic E-state index is 5.52. The second kappa shape index (κ2) is 17.9. The Morgan fingerprint density at radius 3 is 1.42 bits per heavy atom. The van der Waals surface area contributed by atoms with E-state index in [1.807, 2.05) is 62.4 Å². The number of nitrogens with one attached hydrogen (secondary N) is 1. The molecule has 0 saturated carbocycles. The molecule has 26 heavy (non-hydrogen) atoms. The van der Waals surface area contributed by atoms with Crippen molar-refractivity contribution >= 4 is 0 Å². The van der Waals surface area contributed by atoms with Crippen LogP contribution in [0.2, 0.25) is 0 Å². The van der Waals surface area contributed by atoms with Crippen molar-refractivity contribution in [2.24, 2.45) is 0 Å². The van der Waals surface area contributed by atoms with Gasteiger partial charge in [-0.15, -0.1) is 0 Å². The van der Waals surface area contributed by atoms with Gasteiger partial charge in [0.05, 0.1) is 0 Å². The van der Waals surface area contributed by atoms with Crippen molar-refractivity contribution < 1.29 is 4.74 Å². The zero-order valence-electron chi connectivity index (χ0n) is 17.2. The molecular weight excluding hydrogens is 318 g/mol. The Balaban J connectivity index is 0.000000477. The number of methoxy groups -OCH3 is 1. The van der Waals surface area contributed by atoms with E-state index in [1.54, 1.807) is 7.11 Å². The highest BCUT2D eigenvalue weighted by molar-refractivity contribution is 5.29. The summed E-state index contributed by atoms with van der Waals surface area (Å²) in [7, 11) is 1.74. The highest BCUT2D eigenvalue weighted by Gasteiger charge is 2.11. The lowest BCUT2D eigenvalue weighted by atomic mass is 10.0.